The predicted octanol–water partition coefficient (Wildman–Crippen LogP) is 12.4. The summed E-state index contributed by atoms with van der Waals surface area (Å²) in [5, 5.41) is 4.74. The molecule has 2 aromatic heterocycles. The Morgan fingerprint density at radius 3 is 1.50 bits per heavy atom. The molecule has 0 saturated carbocycles. The summed E-state index contributed by atoms with van der Waals surface area (Å²) in [4.78, 5) is 2.47. The molecule has 264 valence electrons. The Balaban J connectivity index is 1.25. The van der Waals surface area contributed by atoms with Gasteiger partial charge in [0.05, 0.1) is 5.69 Å². The predicted molar refractivity (Wildman–Crippen MR) is 235 cm³/mol. The molecule has 3 nitrogen and oxygen atoms in total. The smallest absolute Gasteiger partial charge is 0.244 e. The lowest BCUT2D eigenvalue weighted by Gasteiger charge is -2.31. The molecule has 8 aromatic carbocycles. The van der Waals surface area contributed by atoms with E-state index in [4.69, 9.17) is 8.83 Å². The van der Waals surface area contributed by atoms with E-state index in [1.54, 1.807) is 0 Å². The maximum atomic E-state index is 6.67. The molecule has 0 N–H and O–H groups in total. The molecule has 0 unspecified atom stereocenters. The molecule has 2 aliphatic heterocycles. The van der Waals surface area contributed by atoms with Crippen LogP contribution in [-0.2, 0) is 5.41 Å². The quantitative estimate of drug-likeness (QED) is 0.170. The van der Waals surface area contributed by atoms with Crippen molar-refractivity contribution in [1.29, 1.82) is 0 Å². The van der Waals surface area contributed by atoms with Crippen LogP contribution in [0.2, 0.25) is 0 Å². The van der Waals surface area contributed by atoms with Gasteiger partial charge >= 0.3 is 0 Å². The van der Waals surface area contributed by atoms with Crippen molar-refractivity contribution in [2.75, 3.05) is 4.90 Å². The largest absolute Gasteiger partial charge is 0.456 e. The molecule has 4 heteroatoms. The number of hydrogen-bond acceptors (Lipinski definition) is 3. The molecule has 0 spiro atoms. The second-order valence-corrected chi connectivity index (χ2v) is 16.4. The van der Waals surface area contributed by atoms with Crippen molar-refractivity contribution in [2.45, 2.75) is 26.2 Å². The summed E-state index contributed by atoms with van der Waals surface area (Å²) >= 11 is 0. The Bertz CT molecular complexity index is 3090. The Kier molecular flexibility index (Phi) is 6.41. The number of nitrogens with zero attached hydrogens (tertiary/aromatic N) is 1. The van der Waals surface area contributed by atoms with E-state index in [0.29, 0.717) is 0 Å². The van der Waals surface area contributed by atoms with Crippen LogP contribution in [0.15, 0.2) is 173 Å². The SMILES string of the molecule is CC(C)(C)c1ccc(N(c2cc3c4c(c2)-c2cccc5oc6cccc(c6c25)B4c2cccc4oc5cccc-3c5c24)c2ccccc2-c2ccccc2)cc1. The lowest BCUT2D eigenvalue weighted by atomic mass is 9.35. The average Bonchev–Trinajstić information content (AvgIpc) is 3.74. The summed E-state index contributed by atoms with van der Waals surface area (Å²) < 4.78 is 13.3. The van der Waals surface area contributed by atoms with Gasteiger partial charge in [0, 0.05) is 38.5 Å². The van der Waals surface area contributed by atoms with Gasteiger partial charge in [-0.2, -0.15) is 0 Å². The van der Waals surface area contributed by atoms with Crippen molar-refractivity contribution in [3.63, 3.8) is 0 Å². The molecule has 0 fully saturated rings. The van der Waals surface area contributed by atoms with E-state index in [-0.39, 0.29) is 12.1 Å². The third kappa shape index (κ3) is 4.35. The molecular weight excluding hydrogens is 681 g/mol. The molecular formula is C52H36BNO2. The first-order valence-corrected chi connectivity index (χ1v) is 19.5. The Morgan fingerprint density at radius 2 is 0.929 bits per heavy atom. The highest BCUT2D eigenvalue weighted by molar-refractivity contribution is 7.00. The first-order valence-electron chi connectivity index (χ1n) is 19.5. The fourth-order valence-electron chi connectivity index (χ4n) is 9.79. The Labute approximate surface area is 325 Å². The lowest BCUT2D eigenvalue weighted by molar-refractivity contribution is 0.590. The highest BCUT2D eigenvalue weighted by atomic mass is 16.3. The topological polar surface area (TPSA) is 29.5 Å². The van der Waals surface area contributed by atoms with Gasteiger partial charge in [-0.15, -0.1) is 0 Å². The lowest BCUT2D eigenvalue weighted by Crippen LogP contribution is -2.53. The van der Waals surface area contributed by atoms with E-state index in [1.165, 1.54) is 76.9 Å². The molecule has 4 heterocycles. The van der Waals surface area contributed by atoms with Gasteiger partial charge in [-0.1, -0.05) is 146 Å². The Hall–Kier alpha value is -6.78. The fraction of sp³-hybridized carbons (Fsp3) is 0.0769. The van der Waals surface area contributed by atoms with Crippen molar-refractivity contribution < 1.29 is 8.83 Å². The van der Waals surface area contributed by atoms with Crippen molar-refractivity contribution in [3.05, 3.63) is 169 Å². The number of furan rings is 2. The number of rotatable bonds is 4. The summed E-state index contributed by atoms with van der Waals surface area (Å²) in [6, 6.07) is 60.0. The maximum absolute atomic E-state index is 6.67. The first-order chi connectivity index (χ1) is 27.4. The molecule has 0 amide bonds. The van der Waals surface area contributed by atoms with Gasteiger partial charge in [0.15, 0.2) is 0 Å². The van der Waals surface area contributed by atoms with Crippen molar-refractivity contribution in [3.8, 4) is 33.4 Å². The second-order valence-electron chi connectivity index (χ2n) is 16.4. The van der Waals surface area contributed by atoms with Crippen LogP contribution in [0.25, 0.3) is 77.3 Å². The maximum Gasteiger partial charge on any atom is 0.244 e. The summed E-state index contributed by atoms with van der Waals surface area (Å²) in [7, 11) is 0. The van der Waals surface area contributed by atoms with Gasteiger partial charge in [-0.25, -0.2) is 0 Å². The van der Waals surface area contributed by atoms with E-state index in [1.807, 2.05) is 0 Å². The molecule has 0 saturated heterocycles. The van der Waals surface area contributed by atoms with Gasteiger partial charge in [0.2, 0.25) is 6.71 Å². The van der Waals surface area contributed by atoms with Crippen LogP contribution >= 0.6 is 0 Å². The minimum atomic E-state index is -0.0565. The third-order valence-corrected chi connectivity index (χ3v) is 12.2. The number of fused-ring (bicyclic) bond motifs is 4. The standard InChI is InChI=1S/C52H36BNO2/c1-52(2,3)32-25-27-33(28-26-32)54(42-20-8-7-15-35(42)31-13-5-4-6-14-31)34-29-38-36-16-9-21-43-47(36)49-40(18-11-23-45(49)55-43)53-41-19-12-24-46-50(41)48-37(39(30-34)51(38)53)17-10-22-44(48)56-46/h4-30H,1-3H3. The van der Waals surface area contributed by atoms with Crippen LogP contribution in [-0.4, -0.2) is 6.71 Å². The summed E-state index contributed by atoms with van der Waals surface area (Å²) in [5.41, 5.74) is 19.3. The van der Waals surface area contributed by atoms with Crippen LogP contribution in [0, 0.1) is 0 Å². The highest BCUT2D eigenvalue weighted by Crippen LogP contribution is 2.48. The van der Waals surface area contributed by atoms with Gasteiger partial charge in [0.25, 0.3) is 0 Å². The normalized spacial score (nSPS) is 12.9. The highest BCUT2D eigenvalue weighted by Gasteiger charge is 2.39. The van der Waals surface area contributed by atoms with E-state index in [9.17, 15) is 0 Å². The van der Waals surface area contributed by atoms with Gasteiger partial charge < -0.3 is 13.7 Å². The number of para-hydroxylation sites is 1. The van der Waals surface area contributed by atoms with E-state index >= 15 is 0 Å². The van der Waals surface area contributed by atoms with Crippen molar-refractivity contribution in [2.24, 2.45) is 0 Å². The fourth-order valence-corrected chi connectivity index (χ4v) is 9.79. The van der Waals surface area contributed by atoms with Crippen LogP contribution in [0.3, 0.4) is 0 Å². The summed E-state index contributed by atoms with van der Waals surface area (Å²) in [6.07, 6.45) is 0. The minimum Gasteiger partial charge on any atom is -0.456 e. The molecule has 0 radical (unpaired) electrons. The molecule has 2 aliphatic rings. The monoisotopic (exact) mass is 717 g/mol. The molecule has 0 aliphatic carbocycles. The number of anilines is 3. The van der Waals surface area contributed by atoms with Crippen LogP contribution in [0.5, 0.6) is 0 Å². The van der Waals surface area contributed by atoms with E-state index in [2.05, 4.69) is 189 Å². The van der Waals surface area contributed by atoms with Crippen LogP contribution in [0.4, 0.5) is 17.1 Å². The molecule has 12 rings (SSSR count). The van der Waals surface area contributed by atoms with Crippen molar-refractivity contribution >= 4 is 84.0 Å². The van der Waals surface area contributed by atoms with E-state index < -0.39 is 0 Å². The number of benzene rings is 8. The Morgan fingerprint density at radius 1 is 0.429 bits per heavy atom. The number of hydrogen-bond donors (Lipinski definition) is 0. The zero-order chi connectivity index (χ0) is 37.3. The summed E-state index contributed by atoms with van der Waals surface area (Å²) in [6.45, 7) is 6.77. The van der Waals surface area contributed by atoms with Gasteiger partial charge in [-0.3, -0.25) is 0 Å². The van der Waals surface area contributed by atoms with E-state index in [0.717, 1.165) is 39.4 Å². The molecule has 0 bridgehead atoms. The van der Waals surface area contributed by atoms with Crippen molar-refractivity contribution in [1.82, 2.24) is 0 Å². The molecule has 0 atom stereocenters. The second kappa shape index (κ2) is 11.4. The molecule has 10 aromatic rings. The third-order valence-electron chi connectivity index (χ3n) is 12.2. The minimum absolute atomic E-state index is 0.0278. The zero-order valence-corrected chi connectivity index (χ0v) is 31.4. The summed E-state index contributed by atoms with van der Waals surface area (Å²) in [5.74, 6) is 0. The van der Waals surface area contributed by atoms with Gasteiger partial charge in [0.1, 0.15) is 22.3 Å². The van der Waals surface area contributed by atoms with Crippen LogP contribution < -0.4 is 21.3 Å². The first kappa shape index (κ1) is 31.6. The average molecular weight is 718 g/mol. The molecule has 56 heavy (non-hydrogen) atoms. The van der Waals surface area contributed by atoms with Gasteiger partial charge in [-0.05, 0) is 93.4 Å². The van der Waals surface area contributed by atoms with Crippen LogP contribution in [0.1, 0.15) is 26.3 Å². The zero-order valence-electron chi connectivity index (χ0n) is 31.4.